The molecule has 0 heterocycles. The van der Waals surface area contributed by atoms with Gasteiger partial charge in [0, 0.05) is 0 Å². The molecule has 0 unspecified atom stereocenters. The summed E-state index contributed by atoms with van der Waals surface area (Å²) in [5.74, 6) is 4.34. The molecule has 0 saturated carbocycles. The number of unbranched alkanes of at least 4 members (excludes halogenated alkanes) is 7. The minimum absolute atomic E-state index is 0.246. The van der Waals surface area contributed by atoms with E-state index in [1.165, 1.54) is 68.6 Å². The van der Waals surface area contributed by atoms with Crippen LogP contribution in [0.5, 0.6) is 0 Å². The molecule has 0 spiro atoms. The maximum atomic E-state index is 2.77. The Hall–Kier alpha value is 1.08. The van der Waals surface area contributed by atoms with Crippen LogP contribution < -0.4 is 0 Å². The van der Waals surface area contributed by atoms with E-state index in [0.29, 0.717) is 0 Å². The smallest absolute Gasteiger partial charge is 0.0144 e. The predicted molar refractivity (Wildman–Crippen MR) is 90.2 cm³/mol. The van der Waals surface area contributed by atoms with Crippen molar-refractivity contribution in [3.05, 3.63) is 0 Å². The van der Waals surface area contributed by atoms with Crippen molar-refractivity contribution in [2.24, 2.45) is 0 Å². The summed E-state index contributed by atoms with van der Waals surface area (Å²) in [6.07, 6.45) is 11.6. The molecule has 0 amide bonds. The van der Waals surface area contributed by atoms with Crippen LogP contribution in [0.2, 0.25) is 0 Å². The molecule has 0 aromatic heterocycles. The first-order valence-electron chi connectivity index (χ1n) is 7.14. The van der Waals surface area contributed by atoms with Crippen molar-refractivity contribution in [1.29, 1.82) is 0 Å². The zero-order valence-electron chi connectivity index (χ0n) is 11.6. The number of hydrogen-bond donors (Lipinski definition) is 0. The van der Waals surface area contributed by atoms with Crippen molar-refractivity contribution in [3.8, 4) is 0 Å². The molecule has 0 aromatic carbocycles. The van der Waals surface area contributed by atoms with Crippen LogP contribution in [0.15, 0.2) is 0 Å². The summed E-state index contributed by atoms with van der Waals surface area (Å²) in [7, 11) is -0.246. The normalized spacial score (nSPS) is 13.0. The molecule has 0 aliphatic carbocycles. The first-order valence-corrected chi connectivity index (χ1v) is 11.8. The lowest BCUT2D eigenvalue weighted by Crippen LogP contribution is -2.02. The average molecular weight is 358 g/mol. The number of rotatable bonds is 11. The van der Waals surface area contributed by atoms with Crippen LogP contribution in [0.3, 0.4) is 0 Å². The van der Waals surface area contributed by atoms with Gasteiger partial charge in [0.2, 0.25) is 0 Å². The van der Waals surface area contributed by atoms with E-state index in [1.54, 1.807) is 0 Å². The van der Waals surface area contributed by atoms with Crippen LogP contribution in [0, 0.1) is 0 Å². The second-order valence-corrected chi connectivity index (χ2v) is 13.7. The van der Waals surface area contributed by atoms with Gasteiger partial charge in [0.25, 0.3) is 0 Å². The van der Waals surface area contributed by atoms with Crippen LogP contribution >= 0.6 is 28.4 Å². The van der Waals surface area contributed by atoms with Gasteiger partial charge in [-0.15, -0.1) is 0 Å². The van der Waals surface area contributed by atoms with Crippen LogP contribution in [-0.4, -0.2) is 17.3 Å². The van der Waals surface area contributed by atoms with Crippen LogP contribution in [0.1, 0.15) is 72.1 Å². The van der Waals surface area contributed by atoms with Crippen LogP contribution in [-0.2, 0) is 0 Å². The van der Waals surface area contributed by atoms with E-state index in [1.807, 2.05) is 0 Å². The molecule has 0 atom stereocenters. The highest BCUT2D eigenvalue weighted by Crippen LogP contribution is 2.56. The highest BCUT2D eigenvalue weighted by atomic mass is 127. The molecule has 16 heavy (non-hydrogen) atoms. The van der Waals surface area contributed by atoms with Gasteiger partial charge in [-0.05, 0) is 44.9 Å². The molecule has 0 aliphatic rings. The van der Waals surface area contributed by atoms with E-state index in [0.717, 1.165) is 0 Å². The van der Waals surface area contributed by atoms with Gasteiger partial charge in [-0.25, -0.2) is 0 Å². The van der Waals surface area contributed by atoms with Gasteiger partial charge >= 0.3 is 0 Å². The van der Waals surface area contributed by atoms with E-state index in [-0.39, 0.29) is 7.20 Å². The lowest BCUT2D eigenvalue weighted by molar-refractivity contribution is 0.586. The largest absolute Gasteiger partial charge is 0.188 e. The van der Waals surface area contributed by atoms with Gasteiger partial charge in [-0.2, -0.15) is 7.20 Å². The van der Waals surface area contributed by atoms with Crippen molar-refractivity contribution in [2.45, 2.75) is 72.1 Å². The summed E-state index contributed by atoms with van der Waals surface area (Å²) in [5, 5.41) is 0. The maximum Gasteiger partial charge on any atom is -0.0144 e. The molecule has 0 saturated heterocycles. The molecule has 100 valence electrons. The monoisotopic (exact) mass is 358 g/mol. The SMILES string of the molecule is CCCCCCCCCCS(I)(CC)CC. The Labute approximate surface area is 117 Å². The third kappa shape index (κ3) is 9.15. The fourth-order valence-electron chi connectivity index (χ4n) is 1.99. The van der Waals surface area contributed by atoms with Gasteiger partial charge < -0.3 is 0 Å². The summed E-state index contributed by atoms with van der Waals surface area (Å²) < 4.78 is 0. The van der Waals surface area contributed by atoms with E-state index in [9.17, 15) is 0 Å². The predicted octanol–water partition coefficient (Wildman–Crippen LogP) is 6.32. The molecule has 0 rings (SSSR count). The fourth-order valence-corrected chi connectivity index (χ4v) is 4.63. The van der Waals surface area contributed by atoms with E-state index < -0.39 is 0 Å². The average Bonchev–Trinajstić information content (AvgIpc) is 2.32. The second kappa shape index (κ2) is 11.2. The molecule has 0 fully saturated rings. The lowest BCUT2D eigenvalue weighted by atomic mass is 10.1. The summed E-state index contributed by atoms with van der Waals surface area (Å²) in [6, 6.07) is 0. The Morgan fingerprint density at radius 2 is 1.12 bits per heavy atom. The Morgan fingerprint density at radius 3 is 1.56 bits per heavy atom. The molecule has 0 N–H and O–H groups in total. The fraction of sp³-hybridized carbons (Fsp3) is 1.00. The zero-order chi connectivity index (χ0) is 12.3. The number of hydrogen-bond acceptors (Lipinski definition) is 0. The molecule has 0 aliphatic heterocycles. The Morgan fingerprint density at radius 1 is 0.688 bits per heavy atom. The van der Waals surface area contributed by atoms with Gasteiger partial charge in [-0.3, -0.25) is 0 Å². The second-order valence-electron chi connectivity index (χ2n) is 4.70. The molecule has 2 heteroatoms. The highest BCUT2D eigenvalue weighted by Gasteiger charge is 2.14. The zero-order valence-corrected chi connectivity index (χ0v) is 14.5. The van der Waals surface area contributed by atoms with E-state index >= 15 is 0 Å². The van der Waals surface area contributed by atoms with Gasteiger partial charge in [0.05, 0.1) is 0 Å². The first kappa shape index (κ1) is 17.1. The van der Waals surface area contributed by atoms with Crippen LogP contribution in [0.4, 0.5) is 0 Å². The summed E-state index contributed by atoms with van der Waals surface area (Å²) >= 11 is 2.77. The summed E-state index contributed by atoms with van der Waals surface area (Å²) in [5.41, 5.74) is 0. The first-order chi connectivity index (χ1) is 7.68. The molecule has 0 nitrogen and oxygen atoms in total. The van der Waals surface area contributed by atoms with E-state index in [4.69, 9.17) is 0 Å². The topological polar surface area (TPSA) is 0 Å². The van der Waals surface area contributed by atoms with E-state index in [2.05, 4.69) is 42.0 Å². The molecular weight excluding hydrogens is 327 g/mol. The summed E-state index contributed by atoms with van der Waals surface area (Å²) in [6.45, 7) is 7.03. The van der Waals surface area contributed by atoms with Crippen molar-refractivity contribution in [3.63, 3.8) is 0 Å². The van der Waals surface area contributed by atoms with Gasteiger partial charge in [0.1, 0.15) is 0 Å². The Kier molecular flexibility index (Phi) is 11.9. The van der Waals surface area contributed by atoms with Crippen molar-refractivity contribution < 1.29 is 0 Å². The third-order valence-electron chi connectivity index (χ3n) is 3.40. The quantitative estimate of drug-likeness (QED) is 0.299. The molecule has 0 aromatic rings. The Balaban J connectivity index is 3.26. The van der Waals surface area contributed by atoms with Gasteiger partial charge in [-0.1, -0.05) is 65.7 Å². The molecule has 0 radical (unpaired) electrons. The van der Waals surface area contributed by atoms with Crippen molar-refractivity contribution in [1.82, 2.24) is 0 Å². The lowest BCUT2D eigenvalue weighted by Gasteiger charge is -2.30. The van der Waals surface area contributed by atoms with Crippen molar-refractivity contribution >= 4 is 28.4 Å². The third-order valence-corrected chi connectivity index (χ3v) is 11.5. The van der Waals surface area contributed by atoms with Gasteiger partial charge in [0.15, 0.2) is 0 Å². The minimum Gasteiger partial charge on any atom is -0.188 e. The molecule has 0 bridgehead atoms. The standard InChI is InChI=1S/C14H31IS/c1-4-7-8-9-10-11-12-13-14-16(15,5-2)6-3/h4-14H2,1-3H3. The maximum absolute atomic E-state index is 2.77. The summed E-state index contributed by atoms with van der Waals surface area (Å²) in [4.78, 5) is 0. The van der Waals surface area contributed by atoms with Crippen molar-refractivity contribution in [2.75, 3.05) is 17.3 Å². The Bertz CT molecular complexity index is 144. The van der Waals surface area contributed by atoms with Crippen LogP contribution in [0.25, 0.3) is 0 Å². The number of halogens is 1. The molecular formula is C14H31IS. The minimum atomic E-state index is -0.246. The highest BCUT2D eigenvalue weighted by molar-refractivity contribution is 14.2.